The predicted octanol–water partition coefficient (Wildman–Crippen LogP) is 2.54. The van der Waals surface area contributed by atoms with Crippen molar-refractivity contribution in [1.29, 1.82) is 0 Å². The monoisotopic (exact) mass is 324 g/mol. The quantitative estimate of drug-likeness (QED) is 0.940. The highest BCUT2D eigenvalue weighted by atomic mass is 16.5. The van der Waals surface area contributed by atoms with Crippen molar-refractivity contribution >= 4 is 17.5 Å². The van der Waals surface area contributed by atoms with E-state index in [4.69, 9.17) is 4.74 Å². The molecule has 1 aliphatic rings. The number of ether oxygens (including phenoxy) is 1. The van der Waals surface area contributed by atoms with E-state index in [0.717, 1.165) is 17.0 Å². The standard InChI is InChI=1S/C19H20N2O3/c1-13-3-5-14(6-4-13)19(23)20-15-11-18(22)21(12-15)16-7-9-17(24-2)10-8-16/h3-10,15H,11-12H2,1-2H3,(H,20,23)/t15-/m0/s1. The first-order chi connectivity index (χ1) is 11.6. The number of amides is 2. The van der Waals surface area contributed by atoms with E-state index < -0.39 is 0 Å². The molecule has 0 aliphatic carbocycles. The minimum atomic E-state index is -0.187. The molecule has 5 heteroatoms. The molecule has 0 spiro atoms. The number of carbonyl (C=O) groups is 2. The molecule has 3 rings (SSSR count). The second-order valence-corrected chi connectivity index (χ2v) is 5.94. The van der Waals surface area contributed by atoms with Crippen LogP contribution in [-0.2, 0) is 4.79 Å². The number of methoxy groups -OCH3 is 1. The van der Waals surface area contributed by atoms with Gasteiger partial charge in [-0.3, -0.25) is 9.59 Å². The van der Waals surface area contributed by atoms with E-state index in [1.807, 2.05) is 43.3 Å². The van der Waals surface area contributed by atoms with E-state index in [2.05, 4.69) is 5.32 Å². The number of nitrogens with one attached hydrogen (secondary N) is 1. The lowest BCUT2D eigenvalue weighted by molar-refractivity contribution is -0.117. The zero-order valence-corrected chi connectivity index (χ0v) is 13.8. The molecule has 124 valence electrons. The molecule has 0 unspecified atom stereocenters. The van der Waals surface area contributed by atoms with E-state index in [0.29, 0.717) is 18.5 Å². The summed E-state index contributed by atoms with van der Waals surface area (Å²) in [4.78, 5) is 26.2. The topological polar surface area (TPSA) is 58.6 Å². The van der Waals surface area contributed by atoms with E-state index in [1.54, 1.807) is 24.1 Å². The number of aryl methyl sites for hydroxylation is 1. The number of benzene rings is 2. The van der Waals surface area contributed by atoms with Crippen molar-refractivity contribution in [2.75, 3.05) is 18.6 Å². The fraction of sp³-hybridized carbons (Fsp3) is 0.263. The van der Waals surface area contributed by atoms with Crippen molar-refractivity contribution in [1.82, 2.24) is 5.32 Å². The molecule has 0 bridgehead atoms. The Labute approximate surface area is 141 Å². The fourth-order valence-electron chi connectivity index (χ4n) is 2.79. The van der Waals surface area contributed by atoms with Crippen LogP contribution in [0.1, 0.15) is 22.3 Å². The van der Waals surface area contributed by atoms with Gasteiger partial charge in [-0.05, 0) is 43.3 Å². The van der Waals surface area contributed by atoms with E-state index in [9.17, 15) is 9.59 Å². The summed E-state index contributed by atoms with van der Waals surface area (Å²) in [5.74, 6) is 0.605. The van der Waals surface area contributed by atoms with Gasteiger partial charge in [0.2, 0.25) is 5.91 Å². The van der Waals surface area contributed by atoms with Gasteiger partial charge in [0.05, 0.1) is 13.2 Å². The van der Waals surface area contributed by atoms with Crippen molar-refractivity contribution in [3.63, 3.8) is 0 Å². The molecule has 2 amide bonds. The Morgan fingerprint density at radius 2 is 1.79 bits per heavy atom. The molecular weight excluding hydrogens is 304 g/mol. The maximum absolute atomic E-state index is 12.3. The lowest BCUT2D eigenvalue weighted by atomic mass is 10.1. The van der Waals surface area contributed by atoms with Gasteiger partial charge in [0.15, 0.2) is 0 Å². The maximum Gasteiger partial charge on any atom is 0.251 e. The van der Waals surface area contributed by atoms with Gasteiger partial charge in [-0.15, -0.1) is 0 Å². The summed E-state index contributed by atoms with van der Waals surface area (Å²) in [6, 6.07) is 14.5. The van der Waals surface area contributed by atoms with Gasteiger partial charge in [-0.25, -0.2) is 0 Å². The van der Waals surface area contributed by atoms with Crippen LogP contribution in [0.25, 0.3) is 0 Å². The molecule has 1 saturated heterocycles. The minimum Gasteiger partial charge on any atom is -0.497 e. The molecular formula is C19H20N2O3. The summed E-state index contributed by atoms with van der Waals surface area (Å²) in [6.07, 6.45) is 0.309. The first-order valence-corrected chi connectivity index (χ1v) is 7.89. The molecule has 24 heavy (non-hydrogen) atoms. The Bertz CT molecular complexity index is 738. The van der Waals surface area contributed by atoms with Crippen LogP contribution in [0, 0.1) is 6.92 Å². The van der Waals surface area contributed by atoms with Gasteiger partial charge >= 0.3 is 0 Å². The highest BCUT2D eigenvalue weighted by molar-refractivity contribution is 5.99. The number of hydrogen-bond acceptors (Lipinski definition) is 3. The van der Waals surface area contributed by atoms with Crippen LogP contribution < -0.4 is 15.0 Å². The molecule has 1 N–H and O–H groups in total. The summed E-state index contributed by atoms with van der Waals surface area (Å²) in [7, 11) is 1.60. The highest BCUT2D eigenvalue weighted by Crippen LogP contribution is 2.24. The van der Waals surface area contributed by atoms with Gasteiger partial charge in [0, 0.05) is 24.2 Å². The summed E-state index contributed by atoms with van der Waals surface area (Å²) in [6.45, 7) is 2.45. The molecule has 5 nitrogen and oxygen atoms in total. The molecule has 0 radical (unpaired) electrons. The maximum atomic E-state index is 12.3. The van der Waals surface area contributed by atoms with Crippen LogP contribution >= 0.6 is 0 Å². The number of carbonyl (C=O) groups excluding carboxylic acids is 2. The normalized spacial score (nSPS) is 17.0. The Hall–Kier alpha value is -2.82. The zero-order chi connectivity index (χ0) is 17.1. The van der Waals surface area contributed by atoms with Crippen LogP contribution in [0.4, 0.5) is 5.69 Å². The van der Waals surface area contributed by atoms with Crippen molar-refractivity contribution in [3.05, 3.63) is 59.7 Å². The van der Waals surface area contributed by atoms with Crippen molar-refractivity contribution < 1.29 is 14.3 Å². The van der Waals surface area contributed by atoms with Crippen LogP contribution in [0.15, 0.2) is 48.5 Å². The summed E-state index contributed by atoms with van der Waals surface area (Å²) in [5, 5.41) is 2.94. The summed E-state index contributed by atoms with van der Waals surface area (Å²) < 4.78 is 5.13. The summed E-state index contributed by atoms with van der Waals surface area (Å²) >= 11 is 0. The Kier molecular flexibility index (Phi) is 4.51. The second kappa shape index (κ2) is 6.74. The third-order valence-electron chi connectivity index (χ3n) is 4.16. The minimum absolute atomic E-state index is 0.00868. The molecule has 0 aromatic heterocycles. The molecule has 1 heterocycles. The number of rotatable bonds is 4. The fourth-order valence-corrected chi connectivity index (χ4v) is 2.79. The smallest absolute Gasteiger partial charge is 0.251 e. The Balaban J connectivity index is 1.65. The molecule has 1 fully saturated rings. The molecule has 2 aromatic carbocycles. The first-order valence-electron chi connectivity index (χ1n) is 7.89. The van der Waals surface area contributed by atoms with E-state index in [1.165, 1.54) is 0 Å². The lowest BCUT2D eigenvalue weighted by Gasteiger charge is -2.17. The number of nitrogens with zero attached hydrogens (tertiary/aromatic N) is 1. The van der Waals surface area contributed by atoms with Gasteiger partial charge < -0.3 is 15.0 Å². The number of hydrogen-bond donors (Lipinski definition) is 1. The largest absolute Gasteiger partial charge is 0.497 e. The van der Waals surface area contributed by atoms with Crippen LogP contribution in [0.5, 0.6) is 5.75 Å². The molecule has 1 atom stereocenters. The predicted molar refractivity (Wildman–Crippen MR) is 92.4 cm³/mol. The molecule has 0 saturated carbocycles. The summed E-state index contributed by atoms with van der Waals surface area (Å²) in [5.41, 5.74) is 2.53. The average Bonchev–Trinajstić information content (AvgIpc) is 2.95. The van der Waals surface area contributed by atoms with Gasteiger partial charge in [-0.2, -0.15) is 0 Å². The van der Waals surface area contributed by atoms with Gasteiger partial charge in [-0.1, -0.05) is 17.7 Å². The molecule has 1 aliphatic heterocycles. The van der Waals surface area contributed by atoms with Crippen LogP contribution in [-0.4, -0.2) is 31.5 Å². The number of anilines is 1. The van der Waals surface area contributed by atoms with Crippen molar-refractivity contribution in [3.8, 4) is 5.75 Å². The SMILES string of the molecule is COc1ccc(N2C[C@@H](NC(=O)c3ccc(C)cc3)CC2=O)cc1. The molecule has 2 aromatic rings. The van der Waals surface area contributed by atoms with E-state index >= 15 is 0 Å². The van der Waals surface area contributed by atoms with Gasteiger partial charge in [0.1, 0.15) is 5.75 Å². The second-order valence-electron chi connectivity index (χ2n) is 5.94. The van der Waals surface area contributed by atoms with Crippen molar-refractivity contribution in [2.45, 2.75) is 19.4 Å². The van der Waals surface area contributed by atoms with E-state index in [-0.39, 0.29) is 17.9 Å². The third-order valence-corrected chi connectivity index (χ3v) is 4.16. The van der Waals surface area contributed by atoms with Crippen LogP contribution in [0.3, 0.4) is 0 Å². The Morgan fingerprint density at radius 3 is 2.42 bits per heavy atom. The highest BCUT2D eigenvalue weighted by Gasteiger charge is 2.31. The average molecular weight is 324 g/mol. The zero-order valence-electron chi connectivity index (χ0n) is 13.8. The first kappa shape index (κ1) is 16.1. The van der Waals surface area contributed by atoms with Crippen molar-refractivity contribution in [2.24, 2.45) is 0 Å². The third kappa shape index (κ3) is 3.40. The van der Waals surface area contributed by atoms with Crippen LogP contribution in [0.2, 0.25) is 0 Å². The van der Waals surface area contributed by atoms with Gasteiger partial charge in [0.25, 0.3) is 5.91 Å². The lowest BCUT2D eigenvalue weighted by Crippen LogP contribution is -2.37. The Morgan fingerprint density at radius 1 is 1.12 bits per heavy atom.